The highest BCUT2D eigenvalue weighted by atomic mass is 32.1. The van der Waals surface area contributed by atoms with Gasteiger partial charge in [0.05, 0.1) is 12.1 Å². The zero-order valence-electron chi connectivity index (χ0n) is 32.2. The molecule has 0 unspecified atom stereocenters. The molecule has 0 N–H and O–H groups in total. The van der Waals surface area contributed by atoms with Crippen molar-refractivity contribution in [3.8, 4) is 11.6 Å². The number of fused-ring (bicyclic) bond motifs is 2. The molecule has 1 aliphatic heterocycles. The fourth-order valence-corrected chi connectivity index (χ4v) is 7.33. The van der Waals surface area contributed by atoms with Crippen LogP contribution in [0.15, 0.2) is 121 Å². The van der Waals surface area contributed by atoms with Gasteiger partial charge in [-0.15, -0.1) is 11.3 Å². The van der Waals surface area contributed by atoms with Crippen LogP contribution >= 0.6 is 11.3 Å². The van der Waals surface area contributed by atoms with Gasteiger partial charge in [-0.1, -0.05) is 86.6 Å². The van der Waals surface area contributed by atoms with Crippen LogP contribution < -0.4 is 14.4 Å². The van der Waals surface area contributed by atoms with Crippen LogP contribution in [0, 0.1) is 0 Å². The second kappa shape index (κ2) is 24.0. The highest BCUT2D eigenvalue weighted by molar-refractivity contribution is 7.17. The van der Waals surface area contributed by atoms with Gasteiger partial charge in [-0.3, -0.25) is 9.69 Å². The number of ether oxygens (including phenoxy) is 2. The zero-order valence-corrected chi connectivity index (χ0v) is 33.1. The van der Waals surface area contributed by atoms with Crippen LogP contribution in [0.3, 0.4) is 0 Å². The van der Waals surface area contributed by atoms with Crippen LogP contribution in [0.1, 0.15) is 84.0 Å². The number of hydrogen-bond acceptors (Lipinski definition) is 7. The molecule has 0 atom stereocenters. The number of pyridine rings is 1. The molecular weight excluding hydrogens is 687 g/mol. The number of piperazine rings is 1. The molecule has 7 heteroatoms. The van der Waals surface area contributed by atoms with E-state index in [9.17, 15) is 4.79 Å². The van der Waals surface area contributed by atoms with Crippen molar-refractivity contribution in [2.24, 2.45) is 0 Å². The summed E-state index contributed by atoms with van der Waals surface area (Å²) in [5, 5.41) is 4.55. The van der Waals surface area contributed by atoms with Crippen LogP contribution in [-0.2, 0) is 4.79 Å². The largest absolute Gasteiger partial charge is 0.494 e. The second-order valence-corrected chi connectivity index (χ2v) is 14.8. The van der Waals surface area contributed by atoms with Gasteiger partial charge < -0.3 is 14.4 Å². The minimum absolute atomic E-state index is 0.280. The molecule has 0 radical (unpaired) electrons. The summed E-state index contributed by atoms with van der Waals surface area (Å²) < 4.78 is 13.0. The standard InChI is InChI=1S/C47H59N3O3S/c1-2-3-4-5-6-7-8-9-10-11-12-13-14-15-16-17-18-19-20-26-47(51)53-46-30-28-40-27-29-41(39-43(40)48-46)52-37-22-21-32-49-33-35-50(36-34-49)44-24-23-25-45-42(44)31-38-54-45/h6-7,9-10,12-13,15-16,18-19,23-25,27-31,38-39H,2-5,8,11,14,17,20-22,26,32-37H2,1H3/b7-6-,10-9-,13-12-,16-15-,19-18-. The Kier molecular flexibility index (Phi) is 18.1. The topological polar surface area (TPSA) is 54.9 Å². The molecule has 54 heavy (non-hydrogen) atoms. The molecule has 2 aromatic heterocycles. The van der Waals surface area contributed by atoms with E-state index >= 15 is 0 Å². The Hall–Kier alpha value is -4.46. The van der Waals surface area contributed by atoms with E-state index in [4.69, 9.17) is 9.47 Å². The first kappa shape index (κ1) is 40.7. The molecule has 0 bridgehead atoms. The number of anilines is 1. The number of rotatable bonds is 23. The predicted octanol–water partition coefficient (Wildman–Crippen LogP) is 12.0. The summed E-state index contributed by atoms with van der Waals surface area (Å²) in [7, 11) is 0. The maximum absolute atomic E-state index is 12.5. The molecule has 286 valence electrons. The van der Waals surface area contributed by atoms with Crippen LogP contribution in [-0.4, -0.2) is 55.2 Å². The Morgan fingerprint density at radius 2 is 1.46 bits per heavy atom. The van der Waals surface area contributed by atoms with Crippen molar-refractivity contribution in [1.82, 2.24) is 9.88 Å². The van der Waals surface area contributed by atoms with Gasteiger partial charge >= 0.3 is 5.97 Å². The van der Waals surface area contributed by atoms with Crippen molar-refractivity contribution in [2.75, 3.05) is 44.2 Å². The van der Waals surface area contributed by atoms with Crippen molar-refractivity contribution >= 4 is 44.0 Å². The molecule has 0 aliphatic carbocycles. The molecular formula is C47H59N3O3S. The van der Waals surface area contributed by atoms with Gasteiger partial charge in [0.15, 0.2) is 0 Å². The number of carbonyl (C=O) groups excluding carboxylic acids is 1. The van der Waals surface area contributed by atoms with E-state index in [0.29, 0.717) is 25.3 Å². The summed E-state index contributed by atoms with van der Waals surface area (Å²) in [6, 6.07) is 18.5. The number of benzene rings is 2. The molecule has 6 nitrogen and oxygen atoms in total. The lowest BCUT2D eigenvalue weighted by Gasteiger charge is -2.36. The molecule has 5 rings (SSSR count). The maximum atomic E-state index is 12.5. The van der Waals surface area contributed by atoms with Gasteiger partial charge in [-0.2, -0.15) is 0 Å². The van der Waals surface area contributed by atoms with Crippen LogP contribution in [0.25, 0.3) is 21.0 Å². The van der Waals surface area contributed by atoms with E-state index in [1.54, 1.807) is 6.07 Å². The van der Waals surface area contributed by atoms with Gasteiger partial charge in [0.25, 0.3) is 0 Å². The number of unbranched alkanes of at least 4 members (excludes halogenated alkanes) is 4. The average Bonchev–Trinajstić information content (AvgIpc) is 3.68. The van der Waals surface area contributed by atoms with E-state index in [0.717, 1.165) is 87.9 Å². The fraction of sp³-hybridized carbons (Fsp3) is 0.404. The van der Waals surface area contributed by atoms with Gasteiger partial charge in [0.2, 0.25) is 5.88 Å². The minimum Gasteiger partial charge on any atom is -0.494 e. The highest BCUT2D eigenvalue weighted by Gasteiger charge is 2.18. The first-order chi connectivity index (χ1) is 26.7. The highest BCUT2D eigenvalue weighted by Crippen LogP contribution is 2.31. The number of esters is 1. The lowest BCUT2D eigenvalue weighted by molar-refractivity contribution is -0.134. The number of allylic oxidation sites excluding steroid dienone is 10. The SMILES string of the molecule is CCCCC/C=C\C/C=C\C/C=C\C/C=C\C/C=C\CCC(=O)Oc1ccc2ccc(OCCCCN3CCN(c4cccc5sccc45)CC3)cc2n1. The third kappa shape index (κ3) is 14.4. The van der Waals surface area contributed by atoms with Crippen molar-refractivity contribution in [2.45, 2.75) is 84.0 Å². The average molecular weight is 746 g/mol. The molecule has 2 aromatic carbocycles. The van der Waals surface area contributed by atoms with Crippen LogP contribution in [0.2, 0.25) is 0 Å². The van der Waals surface area contributed by atoms with E-state index in [-0.39, 0.29) is 5.97 Å². The second-order valence-electron chi connectivity index (χ2n) is 13.8. The molecule has 1 fully saturated rings. The lowest BCUT2D eigenvalue weighted by atomic mass is 10.2. The third-order valence-corrected chi connectivity index (χ3v) is 10.5. The summed E-state index contributed by atoms with van der Waals surface area (Å²) in [5.74, 6) is 0.828. The first-order valence-electron chi connectivity index (χ1n) is 20.1. The quantitative estimate of drug-likeness (QED) is 0.0428. The molecule has 0 amide bonds. The summed E-state index contributed by atoms with van der Waals surface area (Å²) in [6.07, 6.45) is 33.9. The minimum atomic E-state index is -0.280. The summed E-state index contributed by atoms with van der Waals surface area (Å²) in [6.45, 7) is 8.31. The smallest absolute Gasteiger partial charge is 0.312 e. The normalized spacial score (nSPS) is 14.4. The Labute approximate surface area is 327 Å². The Morgan fingerprint density at radius 3 is 2.20 bits per heavy atom. The third-order valence-electron chi connectivity index (χ3n) is 9.59. The van der Waals surface area contributed by atoms with E-state index < -0.39 is 0 Å². The van der Waals surface area contributed by atoms with Gasteiger partial charge in [0.1, 0.15) is 5.75 Å². The van der Waals surface area contributed by atoms with E-state index in [2.05, 4.69) is 106 Å². The monoisotopic (exact) mass is 745 g/mol. The van der Waals surface area contributed by atoms with Gasteiger partial charge in [-0.25, -0.2) is 4.98 Å². The van der Waals surface area contributed by atoms with E-state index in [1.165, 1.54) is 41.5 Å². The number of carbonyl (C=O) groups is 1. The molecule has 0 spiro atoms. The lowest BCUT2D eigenvalue weighted by Crippen LogP contribution is -2.46. The number of thiophene rings is 1. The summed E-state index contributed by atoms with van der Waals surface area (Å²) in [5.41, 5.74) is 2.13. The van der Waals surface area contributed by atoms with Crippen molar-refractivity contribution in [3.63, 3.8) is 0 Å². The van der Waals surface area contributed by atoms with Crippen molar-refractivity contribution in [1.29, 1.82) is 0 Å². The molecule has 3 heterocycles. The van der Waals surface area contributed by atoms with Crippen LogP contribution in [0.4, 0.5) is 5.69 Å². The van der Waals surface area contributed by atoms with Gasteiger partial charge in [-0.05, 0) is 106 Å². The Balaban J connectivity index is 0.904. The fourth-order valence-electron chi connectivity index (χ4n) is 6.52. The number of nitrogens with zero attached hydrogens (tertiary/aromatic N) is 3. The van der Waals surface area contributed by atoms with Gasteiger partial charge in [0, 0.05) is 65.9 Å². The molecule has 1 aliphatic rings. The molecule has 4 aromatic rings. The van der Waals surface area contributed by atoms with E-state index in [1.807, 2.05) is 41.7 Å². The number of hydrogen-bond donors (Lipinski definition) is 0. The zero-order chi connectivity index (χ0) is 37.5. The predicted molar refractivity (Wildman–Crippen MR) is 230 cm³/mol. The maximum Gasteiger partial charge on any atom is 0.312 e. The molecule has 1 saturated heterocycles. The van der Waals surface area contributed by atoms with Crippen molar-refractivity contribution < 1.29 is 14.3 Å². The Bertz CT molecular complexity index is 1850. The molecule has 0 saturated carbocycles. The first-order valence-corrected chi connectivity index (χ1v) is 21.0. The van der Waals surface area contributed by atoms with Crippen molar-refractivity contribution in [3.05, 3.63) is 121 Å². The van der Waals surface area contributed by atoms with Crippen LogP contribution in [0.5, 0.6) is 11.6 Å². The number of aromatic nitrogens is 1. The summed E-state index contributed by atoms with van der Waals surface area (Å²) >= 11 is 1.81. The Morgan fingerprint density at radius 1 is 0.759 bits per heavy atom. The summed E-state index contributed by atoms with van der Waals surface area (Å²) in [4.78, 5) is 22.2.